The minimum Gasteiger partial charge on any atom is -0.279 e. The number of sulfonamides is 1. The van der Waals surface area contributed by atoms with Gasteiger partial charge in [0.2, 0.25) is 0 Å². The molecule has 0 amide bonds. The van der Waals surface area contributed by atoms with Crippen molar-refractivity contribution in [3.05, 3.63) is 58.4 Å². The van der Waals surface area contributed by atoms with Crippen LogP contribution in [-0.2, 0) is 10.0 Å². The number of aryl methyl sites for hydroxylation is 1. The second-order valence-corrected chi connectivity index (χ2v) is 6.33. The molecule has 0 saturated heterocycles. The van der Waals surface area contributed by atoms with Crippen LogP contribution < -0.4 is 4.72 Å². The molecule has 0 spiro atoms. The second-order valence-electron chi connectivity index (χ2n) is 4.24. The molecule has 0 bridgehead atoms. The number of hydrogen-bond donors (Lipinski definition) is 1. The van der Waals surface area contributed by atoms with Crippen molar-refractivity contribution in [3.8, 4) is 0 Å². The molecule has 3 nitrogen and oxygen atoms in total. The Labute approximate surface area is 124 Å². The molecule has 2 aromatic carbocycles. The van der Waals surface area contributed by atoms with Crippen LogP contribution in [-0.4, -0.2) is 8.42 Å². The molecule has 1 N–H and O–H groups in total. The van der Waals surface area contributed by atoms with Crippen molar-refractivity contribution in [1.82, 2.24) is 0 Å². The zero-order valence-corrected chi connectivity index (χ0v) is 12.2. The van der Waals surface area contributed by atoms with Crippen molar-refractivity contribution in [2.45, 2.75) is 11.8 Å². The summed E-state index contributed by atoms with van der Waals surface area (Å²) in [5.74, 6) is -5.09. The molecule has 0 unspecified atom stereocenters. The van der Waals surface area contributed by atoms with Gasteiger partial charge in [0.25, 0.3) is 10.0 Å². The zero-order valence-electron chi connectivity index (χ0n) is 10.6. The van der Waals surface area contributed by atoms with Gasteiger partial charge in [-0.25, -0.2) is 21.6 Å². The van der Waals surface area contributed by atoms with E-state index in [2.05, 4.69) is 4.72 Å². The van der Waals surface area contributed by atoms with Gasteiger partial charge in [0.1, 0.15) is 4.90 Å². The lowest BCUT2D eigenvalue weighted by Crippen LogP contribution is -2.16. The number of hydrogen-bond acceptors (Lipinski definition) is 2. The molecule has 0 atom stereocenters. The van der Waals surface area contributed by atoms with Gasteiger partial charge in [-0.15, -0.1) is 0 Å². The molecule has 0 heterocycles. The Morgan fingerprint density at radius 1 is 1.05 bits per heavy atom. The fraction of sp³-hybridized carbons (Fsp3) is 0.0769. The maximum atomic E-state index is 13.6. The topological polar surface area (TPSA) is 46.2 Å². The van der Waals surface area contributed by atoms with Crippen molar-refractivity contribution in [2.24, 2.45) is 0 Å². The predicted octanol–water partition coefficient (Wildman–Crippen LogP) is 3.87. The molecule has 0 aliphatic rings. The van der Waals surface area contributed by atoms with Crippen LogP contribution in [0.15, 0.2) is 35.2 Å². The highest BCUT2D eigenvalue weighted by Crippen LogP contribution is 2.25. The monoisotopic (exact) mass is 335 g/mol. The molecule has 2 aromatic rings. The Balaban J connectivity index is 2.49. The number of nitrogens with one attached hydrogen (secondary N) is 1. The molecule has 0 fully saturated rings. The lowest BCUT2D eigenvalue weighted by atomic mass is 10.2. The van der Waals surface area contributed by atoms with Crippen LogP contribution in [0.4, 0.5) is 18.9 Å². The minimum absolute atomic E-state index is 0.117. The molecule has 2 rings (SSSR count). The third-order valence-corrected chi connectivity index (χ3v) is 4.35. The van der Waals surface area contributed by atoms with Gasteiger partial charge in [-0.1, -0.05) is 17.7 Å². The van der Waals surface area contributed by atoms with E-state index in [-0.39, 0.29) is 10.7 Å². The van der Waals surface area contributed by atoms with Gasteiger partial charge >= 0.3 is 0 Å². The van der Waals surface area contributed by atoms with E-state index < -0.39 is 32.4 Å². The van der Waals surface area contributed by atoms with Gasteiger partial charge in [-0.3, -0.25) is 4.72 Å². The van der Waals surface area contributed by atoms with Crippen LogP contribution >= 0.6 is 11.6 Å². The standard InChI is InChI=1S/C13H9ClF3NO2S/c1-7-2-3-8(14)6-10(7)18-21(19,20)11-5-4-9(15)12(16)13(11)17/h2-6,18H,1H3. The second kappa shape index (κ2) is 5.57. The molecular formula is C13H9ClF3NO2S. The van der Waals surface area contributed by atoms with Crippen LogP contribution in [0.3, 0.4) is 0 Å². The maximum Gasteiger partial charge on any atom is 0.264 e. The van der Waals surface area contributed by atoms with E-state index in [0.717, 1.165) is 0 Å². The quantitative estimate of drug-likeness (QED) is 0.866. The van der Waals surface area contributed by atoms with E-state index in [1.54, 1.807) is 19.1 Å². The molecule has 0 aliphatic heterocycles. The molecule has 21 heavy (non-hydrogen) atoms. The maximum absolute atomic E-state index is 13.6. The molecule has 0 aromatic heterocycles. The molecule has 112 valence electrons. The van der Waals surface area contributed by atoms with E-state index in [9.17, 15) is 21.6 Å². The van der Waals surface area contributed by atoms with E-state index in [0.29, 0.717) is 17.7 Å². The summed E-state index contributed by atoms with van der Waals surface area (Å²) in [5.41, 5.74) is 0.651. The first kappa shape index (κ1) is 15.7. The van der Waals surface area contributed by atoms with Crippen molar-refractivity contribution >= 4 is 27.3 Å². The SMILES string of the molecule is Cc1ccc(Cl)cc1NS(=O)(=O)c1ccc(F)c(F)c1F. The normalized spacial score (nSPS) is 11.5. The van der Waals surface area contributed by atoms with Crippen molar-refractivity contribution in [1.29, 1.82) is 0 Å². The average molecular weight is 336 g/mol. The molecule has 0 radical (unpaired) electrons. The smallest absolute Gasteiger partial charge is 0.264 e. The summed E-state index contributed by atoms with van der Waals surface area (Å²) >= 11 is 5.75. The number of rotatable bonds is 3. The van der Waals surface area contributed by atoms with E-state index in [1.165, 1.54) is 6.07 Å². The fourth-order valence-electron chi connectivity index (χ4n) is 1.62. The summed E-state index contributed by atoms with van der Waals surface area (Å²) in [5, 5.41) is 0.268. The van der Waals surface area contributed by atoms with E-state index in [1.807, 2.05) is 0 Å². The van der Waals surface area contributed by atoms with Gasteiger partial charge in [0.15, 0.2) is 17.5 Å². The predicted molar refractivity (Wildman–Crippen MR) is 73.3 cm³/mol. The van der Waals surface area contributed by atoms with Crippen molar-refractivity contribution in [2.75, 3.05) is 4.72 Å². The Kier molecular flexibility index (Phi) is 4.15. The number of anilines is 1. The number of halogens is 4. The highest BCUT2D eigenvalue weighted by Gasteiger charge is 2.24. The zero-order chi connectivity index (χ0) is 15.8. The first-order chi connectivity index (χ1) is 9.72. The molecular weight excluding hydrogens is 327 g/mol. The third-order valence-electron chi connectivity index (χ3n) is 2.73. The van der Waals surface area contributed by atoms with Gasteiger partial charge in [-0.05, 0) is 36.8 Å². The fourth-order valence-corrected chi connectivity index (χ4v) is 2.98. The van der Waals surface area contributed by atoms with Crippen LogP contribution in [0.25, 0.3) is 0 Å². The van der Waals surface area contributed by atoms with Gasteiger partial charge < -0.3 is 0 Å². The third kappa shape index (κ3) is 3.14. The van der Waals surface area contributed by atoms with Crippen molar-refractivity contribution < 1.29 is 21.6 Å². The van der Waals surface area contributed by atoms with Gasteiger partial charge in [-0.2, -0.15) is 0 Å². The molecule has 0 aliphatic carbocycles. The Morgan fingerprint density at radius 2 is 1.71 bits per heavy atom. The van der Waals surface area contributed by atoms with Crippen LogP contribution in [0.1, 0.15) is 5.56 Å². The van der Waals surface area contributed by atoms with Gasteiger partial charge in [0, 0.05) is 5.02 Å². The average Bonchev–Trinajstić information content (AvgIpc) is 2.39. The summed E-state index contributed by atoms with van der Waals surface area (Å²) in [6.07, 6.45) is 0. The minimum atomic E-state index is -4.41. The Bertz CT molecular complexity index is 809. The lowest BCUT2D eigenvalue weighted by Gasteiger charge is -2.12. The first-order valence-corrected chi connectivity index (χ1v) is 7.51. The van der Waals surface area contributed by atoms with Crippen molar-refractivity contribution in [3.63, 3.8) is 0 Å². The Morgan fingerprint density at radius 3 is 2.38 bits per heavy atom. The van der Waals surface area contributed by atoms with E-state index in [4.69, 9.17) is 11.6 Å². The highest BCUT2D eigenvalue weighted by molar-refractivity contribution is 7.92. The summed E-state index contributed by atoms with van der Waals surface area (Å²) < 4.78 is 65.8. The summed E-state index contributed by atoms with van der Waals surface area (Å²) in [6.45, 7) is 1.61. The molecule has 8 heteroatoms. The number of benzene rings is 2. The Hall–Kier alpha value is -1.73. The van der Waals surface area contributed by atoms with E-state index >= 15 is 0 Å². The highest BCUT2D eigenvalue weighted by atomic mass is 35.5. The summed E-state index contributed by atoms with van der Waals surface area (Å²) in [4.78, 5) is -0.985. The molecule has 0 saturated carbocycles. The largest absolute Gasteiger partial charge is 0.279 e. The summed E-state index contributed by atoms with van der Waals surface area (Å²) in [6, 6.07) is 5.62. The summed E-state index contributed by atoms with van der Waals surface area (Å²) in [7, 11) is -4.41. The van der Waals surface area contributed by atoms with Crippen LogP contribution in [0.2, 0.25) is 5.02 Å². The first-order valence-electron chi connectivity index (χ1n) is 5.65. The lowest BCUT2D eigenvalue weighted by molar-refractivity contribution is 0.432. The van der Waals surface area contributed by atoms with Gasteiger partial charge in [0.05, 0.1) is 5.69 Å². The van der Waals surface area contributed by atoms with Crippen LogP contribution in [0, 0.1) is 24.4 Å². The van der Waals surface area contributed by atoms with Crippen LogP contribution in [0.5, 0.6) is 0 Å².